The number of hydrogen-bond acceptors (Lipinski definition) is 3. The molecule has 6 heteroatoms. The van der Waals surface area contributed by atoms with Crippen molar-refractivity contribution in [3.63, 3.8) is 0 Å². The number of nitrogens with one attached hydrogen (secondary N) is 1. The number of amides is 1. The van der Waals surface area contributed by atoms with Crippen molar-refractivity contribution in [1.29, 1.82) is 0 Å². The first kappa shape index (κ1) is 19.1. The first-order chi connectivity index (χ1) is 12.9. The zero-order valence-corrected chi connectivity index (χ0v) is 15.4. The minimum absolute atomic E-state index is 0.145. The van der Waals surface area contributed by atoms with Gasteiger partial charge in [-0.2, -0.15) is 0 Å². The second-order valence-electron chi connectivity index (χ2n) is 6.94. The summed E-state index contributed by atoms with van der Waals surface area (Å²) in [6, 6.07) is 9.19. The molecule has 144 valence electrons. The number of aryl methyl sites for hydroxylation is 1. The first-order valence-electron chi connectivity index (χ1n) is 9.07. The Morgan fingerprint density at radius 2 is 1.78 bits per heavy atom. The Balaban J connectivity index is 1.65. The van der Waals surface area contributed by atoms with Crippen LogP contribution in [0.1, 0.15) is 37.4 Å². The quantitative estimate of drug-likeness (QED) is 0.824. The Morgan fingerprint density at radius 3 is 2.48 bits per heavy atom. The van der Waals surface area contributed by atoms with E-state index in [1.807, 2.05) is 32.0 Å². The molecule has 3 rings (SSSR count). The van der Waals surface area contributed by atoms with Crippen molar-refractivity contribution in [2.24, 2.45) is 5.92 Å². The van der Waals surface area contributed by atoms with E-state index in [2.05, 4.69) is 5.32 Å². The Hall–Kier alpha value is -2.63. The normalized spacial score (nSPS) is 14.1. The molecule has 0 saturated heterocycles. The van der Waals surface area contributed by atoms with Crippen LogP contribution in [-0.2, 0) is 11.2 Å². The van der Waals surface area contributed by atoms with Crippen LogP contribution in [0.2, 0.25) is 0 Å². The Labute approximate surface area is 157 Å². The second-order valence-corrected chi connectivity index (χ2v) is 6.94. The van der Waals surface area contributed by atoms with Gasteiger partial charge in [-0.25, -0.2) is 8.78 Å². The third-order valence-corrected chi connectivity index (χ3v) is 4.53. The van der Waals surface area contributed by atoms with Crippen molar-refractivity contribution in [1.82, 2.24) is 5.32 Å². The zero-order chi connectivity index (χ0) is 19.4. The highest BCUT2D eigenvalue weighted by Gasteiger charge is 2.21. The smallest absolute Gasteiger partial charge is 0.220 e. The van der Waals surface area contributed by atoms with Gasteiger partial charge in [0.15, 0.2) is 23.1 Å². The highest BCUT2D eigenvalue weighted by Crippen LogP contribution is 2.34. The number of benzene rings is 2. The summed E-state index contributed by atoms with van der Waals surface area (Å²) in [4.78, 5) is 12.4. The van der Waals surface area contributed by atoms with E-state index in [1.54, 1.807) is 0 Å². The average molecular weight is 375 g/mol. The van der Waals surface area contributed by atoms with Gasteiger partial charge in [-0.15, -0.1) is 0 Å². The molecule has 0 aromatic heterocycles. The summed E-state index contributed by atoms with van der Waals surface area (Å²) in [5.41, 5.74) is 1.53. The summed E-state index contributed by atoms with van der Waals surface area (Å²) >= 11 is 0. The monoisotopic (exact) mass is 375 g/mol. The second kappa shape index (κ2) is 8.37. The molecule has 0 radical (unpaired) electrons. The molecule has 0 fully saturated rings. The van der Waals surface area contributed by atoms with Crippen molar-refractivity contribution in [2.75, 3.05) is 13.2 Å². The predicted molar refractivity (Wildman–Crippen MR) is 97.8 cm³/mol. The largest absolute Gasteiger partial charge is 0.486 e. The van der Waals surface area contributed by atoms with Gasteiger partial charge >= 0.3 is 0 Å². The molecule has 0 aliphatic carbocycles. The maximum atomic E-state index is 13.3. The van der Waals surface area contributed by atoms with Gasteiger partial charge in [0.05, 0.1) is 6.04 Å². The summed E-state index contributed by atoms with van der Waals surface area (Å²) in [6.07, 6.45) is 0.536. The van der Waals surface area contributed by atoms with Gasteiger partial charge in [0.2, 0.25) is 5.91 Å². The van der Waals surface area contributed by atoms with Gasteiger partial charge in [0, 0.05) is 6.42 Å². The van der Waals surface area contributed by atoms with E-state index in [-0.39, 0.29) is 24.3 Å². The minimum atomic E-state index is -0.899. The van der Waals surface area contributed by atoms with Gasteiger partial charge in [-0.05, 0) is 47.7 Å². The Bertz CT molecular complexity index is 823. The molecular weight excluding hydrogens is 352 g/mol. The zero-order valence-electron chi connectivity index (χ0n) is 15.4. The van der Waals surface area contributed by atoms with Gasteiger partial charge < -0.3 is 14.8 Å². The van der Waals surface area contributed by atoms with Crippen LogP contribution in [0, 0.1) is 17.6 Å². The fraction of sp³-hybridized carbons (Fsp3) is 0.381. The molecule has 2 aromatic carbocycles. The number of ether oxygens (including phenoxy) is 2. The van der Waals surface area contributed by atoms with E-state index in [1.165, 1.54) is 6.07 Å². The average Bonchev–Trinajstić information content (AvgIpc) is 2.66. The SMILES string of the molecule is CC(C)C(NC(=O)CCc1ccc(F)c(F)c1)c1ccc2c(c1)OCCO2. The number of rotatable bonds is 6. The fourth-order valence-electron chi connectivity index (χ4n) is 3.09. The number of fused-ring (bicyclic) bond motifs is 1. The van der Waals surface area contributed by atoms with E-state index < -0.39 is 11.6 Å². The Morgan fingerprint density at radius 1 is 1.04 bits per heavy atom. The summed E-state index contributed by atoms with van der Waals surface area (Å²) in [6.45, 7) is 5.08. The maximum Gasteiger partial charge on any atom is 0.220 e. The summed E-state index contributed by atoms with van der Waals surface area (Å²) < 4.78 is 37.4. The van der Waals surface area contributed by atoms with E-state index in [0.29, 0.717) is 36.7 Å². The van der Waals surface area contributed by atoms with Crippen LogP contribution in [0.15, 0.2) is 36.4 Å². The summed E-state index contributed by atoms with van der Waals surface area (Å²) in [5.74, 6) is -0.378. The lowest BCUT2D eigenvalue weighted by atomic mass is 9.95. The minimum Gasteiger partial charge on any atom is -0.486 e. The van der Waals surface area contributed by atoms with Crippen molar-refractivity contribution in [3.05, 3.63) is 59.2 Å². The molecule has 1 atom stereocenters. The van der Waals surface area contributed by atoms with Crippen LogP contribution >= 0.6 is 0 Å². The molecule has 1 aliphatic rings. The lowest BCUT2D eigenvalue weighted by Gasteiger charge is -2.25. The highest BCUT2D eigenvalue weighted by molar-refractivity contribution is 5.76. The van der Waals surface area contributed by atoms with Crippen LogP contribution in [0.3, 0.4) is 0 Å². The van der Waals surface area contributed by atoms with Crippen molar-refractivity contribution >= 4 is 5.91 Å². The standard InChI is InChI=1S/C21H23F2NO3/c1-13(2)21(15-5-7-18-19(12-15)27-10-9-26-18)24-20(25)8-4-14-3-6-16(22)17(23)11-14/h3,5-7,11-13,21H,4,8-10H2,1-2H3,(H,24,25). The van der Waals surface area contributed by atoms with Gasteiger partial charge in [0.1, 0.15) is 13.2 Å². The molecule has 1 amide bonds. The molecule has 0 saturated carbocycles. The molecule has 0 bridgehead atoms. The third-order valence-electron chi connectivity index (χ3n) is 4.53. The van der Waals surface area contributed by atoms with Crippen LogP contribution in [0.25, 0.3) is 0 Å². The van der Waals surface area contributed by atoms with Gasteiger partial charge in [-0.3, -0.25) is 4.79 Å². The highest BCUT2D eigenvalue weighted by atomic mass is 19.2. The molecule has 1 aliphatic heterocycles. The number of halogens is 2. The molecular formula is C21H23F2NO3. The van der Waals surface area contributed by atoms with E-state index in [0.717, 1.165) is 17.7 Å². The predicted octanol–water partition coefficient (Wildman–Crippen LogP) is 4.18. The van der Waals surface area contributed by atoms with Crippen molar-refractivity contribution in [2.45, 2.75) is 32.7 Å². The van der Waals surface area contributed by atoms with E-state index in [4.69, 9.17) is 9.47 Å². The molecule has 1 heterocycles. The first-order valence-corrected chi connectivity index (χ1v) is 9.07. The number of carbonyl (C=O) groups is 1. The number of carbonyl (C=O) groups excluding carboxylic acids is 1. The van der Waals surface area contributed by atoms with Gasteiger partial charge in [0.25, 0.3) is 0 Å². The maximum absolute atomic E-state index is 13.3. The molecule has 27 heavy (non-hydrogen) atoms. The lowest BCUT2D eigenvalue weighted by Crippen LogP contribution is -2.32. The molecule has 1 unspecified atom stereocenters. The van der Waals surface area contributed by atoms with E-state index >= 15 is 0 Å². The molecule has 4 nitrogen and oxygen atoms in total. The lowest BCUT2D eigenvalue weighted by molar-refractivity contribution is -0.122. The molecule has 1 N–H and O–H groups in total. The Kier molecular flexibility index (Phi) is 5.94. The molecule has 2 aromatic rings. The van der Waals surface area contributed by atoms with Crippen molar-refractivity contribution in [3.8, 4) is 11.5 Å². The van der Waals surface area contributed by atoms with Crippen molar-refractivity contribution < 1.29 is 23.0 Å². The van der Waals surface area contributed by atoms with E-state index in [9.17, 15) is 13.6 Å². The van der Waals surface area contributed by atoms with Crippen LogP contribution in [0.4, 0.5) is 8.78 Å². The van der Waals surface area contributed by atoms with Gasteiger partial charge in [-0.1, -0.05) is 26.0 Å². The summed E-state index contributed by atoms with van der Waals surface area (Å²) in [7, 11) is 0. The fourth-order valence-corrected chi connectivity index (χ4v) is 3.09. The van der Waals surface area contributed by atoms with Crippen LogP contribution < -0.4 is 14.8 Å². The topological polar surface area (TPSA) is 47.6 Å². The molecule has 0 spiro atoms. The van der Waals surface area contributed by atoms with Crippen LogP contribution in [0.5, 0.6) is 11.5 Å². The third kappa shape index (κ3) is 4.76. The summed E-state index contributed by atoms with van der Waals surface area (Å²) in [5, 5.41) is 3.03. The van der Waals surface area contributed by atoms with Crippen LogP contribution in [-0.4, -0.2) is 19.1 Å². The number of hydrogen-bond donors (Lipinski definition) is 1.